The van der Waals surface area contributed by atoms with Gasteiger partial charge in [0.25, 0.3) is 0 Å². The average Bonchev–Trinajstić information content (AvgIpc) is 2.33. The van der Waals surface area contributed by atoms with Crippen molar-refractivity contribution in [3.8, 4) is 0 Å². The van der Waals surface area contributed by atoms with Gasteiger partial charge < -0.3 is 0 Å². The van der Waals surface area contributed by atoms with Gasteiger partial charge in [0.2, 0.25) is 0 Å². The maximum atomic E-state index is 12.7. The second kappa shape index (κ2) is 6.67. The summed E-state index contributed by atoms with van der Waals surface area (Å²) < 4.78 is 25.3. The minimum absolute atomic E-state index is 0.116. The Balaban J connectivity index is 0.000000191. The van der Waals surface area contributed by atoms with Crippen molar-refractivity contribution in [2.45, 2.75) is 27.7 Å². The van der Waals surface area contributed by atoms with E-state index < -0.39 is 0 Å². The van der Waals surface area contributed by atoms with E-state index >= 15 is 0 Å². The average molecular weight is 283 g/mol. The molecule has 0 saturated carbocycles. The molecular weight excluding hydrogens is 266 g/mol. The fourth-order valence-corrected chi connectivity index (χ4v) is 1.66. The third-order valence-corrected chi connectivity index (χ3v) is 3.17. The molecule has 0 fully saturated rings. The van der Waals surface area contributed by atoms with Crippen LogP contribution in [-0.4, -0.2) is 0 Å². The highest BCUT2D eigenvalue weighted by Crippen LogP contribution is 2.18. The molecule has 2 rings (SSSR count). The smallest absolute Gasteiger partial charge is 0.126 e. The number of benzene rings is 2. The Morgan fingerprint density at radius 2 is 1.32 bits per heavy atom. The first-order valence-electron chi connectivity index (χ1n) is 5.96. The first-order chi connectivity index (χ1) is 8.81. The molecule has 0 nitrogen and oxygen atoms in total. The van der Waals surface area contributed by atoms with Crippen LogP contribution in [0.3, 0.4) is 0 Å². The Kier molecular flexibility index (Phi) is 5.49. The van der Waals surface area contributed by atoms with E-state index in [0.717, 1.165) is 11.1 Å². The van der Waals surface area contributed by atoms with Crippen LogP contribution in [0.25, 0.3) is 0 Å². The van der Waals surface area contributed by atoms with E-state index in [9.17, 15) is 8.78 Å². The summed E-state index contributed by atoms with van der Waals surface area (Å²) in [6.45, 7) is 7.11. The van der Waals surface area contributed by atoms with Gasteiger partial charge in [-0.05, 0) is 68.1 Å². The van der Waals surface area contributed by atoms with E-state index in [1.807, 2.05) is 13.0 Å². The highest BCUT2D eigenvalue weighted by atomic mass is 35.5. The lowest BCUT2D eigenvalue weighted by atomic mass is 10.2. The highest BCUT2D eigenvalue weighted by Gasteiger charge is 2.00. The number of aryl methyl sites for hydroxylation is 4. The predicted octanol–water partition coefficient (Wildman–Crippen LogP) is 5.54. The van der Waals surface area contributed by atoms with Gasteiger partial charge in [0, 0.05) is 5.02 Å². The van der Waals surface area contributed by atoms with Crippen molar-refractivity contribution in [2.24, 2.45) is 0 Å². The quantitative estimate of drug-likeness (QED) is 0.595. The van der Waals surface area contributed by atoms with Crippen molar-refractivity contribution >= 4 is 11.6 Å². The molecule has 102 valence electrons. The molecule has 2 aromatic rings. The van der Waals surface area contributed by atoms with Crippen molar-refractivity contribution in [1.29, 1.82) is 0 Å². The van der Waals surface area contributed by atoms with Crippen molar-refractivity contribution in [3.63, 3.8) is 0 Å². The van der Waals surface area contributed by atoms with Crippen LogP contribution in [0, 0.1) is 39.3 Å². The summed E-state index contributed by atoms with van der Waals surface area (Å²) in [5, 5.41) is 0.624. The molecule has 0 spiro atoms. The molecule has 0 aromatic heterocycles. The van der Waals surface area contributed by atoms with Gasteiger partial charge in [-0.2, -0.15) is 0 Å². The van der Waals surface area contributed by atoms with Gasteiger partial charge in [-0.15, -0.1) is 0 Å². The van der Waals surface area contributed by atoms with Crippen LogP contribution < -0.4 is 0 Å². The molecule has 19 heavy (non-hydrogen) atoms. The molecule has 0 aliphatic heterocycles. The van der Waals surface area contributed by atoms with Gasteiger partial charge in [-0.25, -0.2) is 8.78 Å². The van der Waals surface area contributed by atoms with Gasteiger partial charge >= 0.3 is 0 Å². The maximum Gasteiger partial charge on any atom is 0.126 e. The van der Waals surface area contributed by atoms with E-state index in [1.54, 1.807) is 32.9 Å². The Labute approximate surface area is 118 Å². The number of hydrogen-bond acceptors (Lipinski definition) is 0. The Morgan fingerprint density at radius 1 is 0.737 bits per heavy atom. The van der Waals surface area contributed by atoms with E-state index in [0.29, 0.717) is 16.1 Å². The van der Waals surface area contributed by atoms with Crippen LogP contribution in [0.5, 0.6) is 0 Å². The summed E-state index contributed by atoms with van der Waals surface area (Å²) in [4.78, 5) is 0. The van der Waals surface area contributed by atoms with Crippen molar-refractivity contribution in [2.75, 3.05) is 0 Å². The Hall–Kier alpha value is -1.41. The lowest BCUT2D eigenvalue weighted by molar-refractivity contribution is 0.617. The van der Waals surface area contributed by atoms with Crippen LogP contribution in [0.15, 0.2) is 30.3 Å². The predicted molar refractivity (Wildman–Crippen MR) is 76.8 cm³/mol. The van der Waals surface area contributed by atoms with E-state index in [2.05, 4.69) is 0 Å². The van der Waals surface area contributed by atoms with Crippen LogP contribution in [-0.2, 0) is 0 Å². The largest absolute Gasteiger partial charge is 0.207 e. The van der Waals surface area contributed by atoms with E-state index in [1.165, 1.54) is 12.1 Å². The van der Waals surface area contributed by atoms with Crippen LogP contribution in [0.1, 0.15) is 22.3 Å². The van der Waals surface area contributed by atoms with Crippen LogP contribution >= 0.6 is 11.6 Å². The molecule has 0 amide bonds. The fourth-order valence-electron chi connectivity index (χ4n) is 1.44. The summed E-state index contributed by atoms with van der Waals surface area (Å²) in [6.07, 6.45) is 0. The molecule has 0 saturated heterocycles. The van der Waals surface area contributed by atoms with Gasteiger partial charge in [0.05, 0.1) is 0 Å². The molecule has 0 unspecified atom stereocenters. The molecule has 0 aliphatic carbocycles. The van der Waals surface area contributed by atoms with Crippen molar-refractivity contribution in [3.05, 3.63) is 69.2 Å². The summed E-state index contributed by atoms with van der Waals surface area (Å²) in [7, 11) is 0. The van der Waals surface area contributed by atoms with Gasteiger partial charge in [-0.3, -0.25) is 0 Å². The lowest BCUT2D eigenvalue weighted by Crippen LogP contribution is -1.84. The number of hydrogen-bond donors (Lipinski definition) is 0. The Bertz CT molecular complexity index is 527. The number of halogens is 3. The molecule has 0 aliphatic rings. The summed E-state index contributed by atoms with van der Waals surface area (Å²) in [5.74, 6) is -0.308. The monoisotopic (exact) mass is 282 g/mol. The third-order valence-electron chi connectivity index (χ3n) is 2.77. The first-order valence-corrected chi connectivity index (χ1v) is 6.34. The first kappa shape index (κ1) is 15.6. The van der Waals surface area contributed by atoms with Gasteiger partial charge in [0.1, 0.15) is 11.6 Å². The fraction of sp³-hybridized carbons (Fsp3) is 0.250. The van der Waals surface area contributed by atoms with E-state index in [4.69, 9.17) is 11.6 Å². The molecule has 0 heterocycles. The van der Waals surface area contributed by atoms with Crippen LogP contribution in [0.2, 0.25) is 5.02 Å². The molecule has 0 atom stereocenters. The summed E-state index contributed by atoms with van der Waals surface area (Å²) in [6, 6.07) is 8.29. The molecule has 0 bridgehead atoms. The summed E-state index contributed by atoms with van der Waals surface area (Å²) in [5.41, 5.74) is 3.05. The molecule has 0 N–H and O–H groups in total. The molecule has 2 aromatic carbocycles. The molecular formula is C16H17ClF2. The van der Waals surface area contributed by atoms with Crippen molar-refractivity contribution in [1.82, 2.24) is 0 Å². The lowest BCUT2D eigenvalue weighted by Gasteiger charge is -1.99. The zero-order chi connectivity index (χ0) is 14.6. The van der Waals surface area contributed by atoms with Crippen LogP contribution in [0.4, 0.5) is 8.78 Å². The van der Waals surface area contributed by atoms with Gasteiger partial charge in [-0.1, -0.05) is 23.7 Å². The Morgan fingerprint density at radius 3 is 1.79 bits per heavy atom. The van der Waals surface area contributed by atoms with E-state index in [-0.39, 0.29) is 11.6 Å². The highest BCUT2D eigenvalue weighted by molar-refractivity contribution is 6.31. The normalized spacial score (nSPS) is 9.84. The minimum Gasteiger partial charge on any atom is -0.207 e. The second-order valence-corrected chi connectivity index (χ2v) is 5.01. The second-order valence-electron chi connectivity index (χ2n) is 4.60. The SMILES string of the molecule is Cc1cc(Cl)c(C)cc1F.Cc1ccc(C)c(F)c1. The zero-order valence-electron chi connectivity index (χ0n) is 11.5. The third kappa shape index (κ3) is 4.64. The molecule has 3 heteroatoms. The van der Waals surface area contributed by atoms with Crippen molar-refractivity contribution < 1.29 is 8.78 Å². The maximum absolute atomic E-state index is 12.7. The topological polar surface area (TPSA) is 0 Å². The summed E-state index contributed by atoms with van der Waals surface area (Å²) >= 11 is 5.72. The minimum atomic E-state index is -0.193. The zero-order valence-corrected chi connectivity index (χ0v) is 12.3. The molecule has 0 radical (unpaired) electrons. The van der Waals surface area contributed by atoms with Gasteiger partial charge in [0.15, 0.2) is 0 Å². The standard InChI is InChI=1S/C8H8ClF.C8H9F/c1-5-4-8(10)6(2)3-7(5)9;1-6-3-4-7(2)8(9)5-6/h3-4H,1-2H3;3-5H,1-2H3. The number of rotatable bonds is 0.